The number of hydrogen-bond acceptors (Lipinski definition) is 3. The predicted octanol–water partition coefficient (Wildman–Crippen LogP) is 3.47. The van der Waals surface area contributed by atoms with E-state index in [1.165, 1.54) is 0 Å². The van der Waals surface area contributed by atoms with Crippen LogP contribution in [0.5, 0.6) is 0 Å². The lowest BCUT2D eigenvalue weighted by Gasteiger charge is -2.24. The van der Waals surface area contributed by atoms with Crippen molar-refractivity contribution in [2.45, 2.75) is 26.4 Å². The van der Waals surface area contributed by atoms with E-state index in [0.717, 1.165) is 5.56 Å². The van der Waals surface area contributed by atoms with Crippen LogP contribution in [-0.4, -0.2) is 16.6 Å². The summed E-state index contributed by atoms with van der Waals surface area (Å²) in [6.45, 7) is 6.24. The highest BCUT2D eigenvalue weighted by Crippen LogP contribution is 2.27. The summed E-state index contributed by atoms with van der Waals surface area (Å²) in [6, 6.07) is 9.60. The van der Waals surface area contributed by atoms with Crippen molar-refractivity contribution in [3.8, 4) is 11.3 Å². The summed E-state index contributed by atoms with van der Waals surface area (Å²) in [6.07, 6.45) is 0. The molecule has 0 atom stereocenters. The van der Waals surface area contributed by atoms with Gasteiger partial charge in [-0.3, -0.25) is 4.79 Å². The van der Waals surface area contributed by atoms with Gasteiger partial charge in [0.2, 0.25) is 0 Å². The van der Waals surface area contributed by atoms with Crippen LogP contribution in [0.25, 0.3) is 11.3 Å². The minimum Gasteiger partial charge on any atom is -0.368 e. The van der Waals surface area contributed by atoms with Gasteiger partial charge in [-0.05, 0) is 36.7 Å². The fraction of sp³-hybridized carbons (Fsp3) is 0.333. The van der Waals surface area contributed by atoms with Crippen LogP contribution in [0, 0.1) is 0 Å². The Morgan fingerprint density at radius 2 is 1.95 bits per heavy atom. The van der Waals surface area contributed by atoms with Crippen molar-refractivity contribution in [3.05, 3.63) is 51.0 Å². The Morgan fingerprint density at radius 1 is 1.30 bits per heavy atom. The van der Waals surface area contributed by atoms with Crippen molar-refractivity contribution in [3.63, 3.8) is 0 Å². The Morgan fingerprint density at radius 3 is 2.55 bits per heavy atom. The summed E-state index contributed by atoms with van der Waals surface area (Å²) in [5, 5.41) is 0. The molecule has 0 aliphatic carbocycles. The smallest absolute Gasteiger partial charge is 0.265 e. The van der Waals surface area contributed by atoms with Crippen molar-refractivity contribution >= 4 is 15.9 Å². The predicted molar refractivity (Wildman–Crippen MR) is 82.6 cm³/mol. The van der Waals surface area contributed by atoms with E-state index < -0.39 is 5.60 Å². The van der Waals surface area contributed by atoms with Crippen LogP contribution in [0.4, 0.5) is 0 Å². The molecule has 0 saturated heterocycles. The second-order valence-electron chi connectivity index (χ2n) is 4.89. The van der Waals surface area contributed by atoms with E-state index in [0.29, 0.717) is 22.6 Å². The molecule has 0 fully saturated rings. The maximum atomic E-state index is 12.1. The molecule has 1 aromatic carbocycles. The van der Waals surface area contributed by atoms with Gasteiger partial charge < -0.3 is 9.72 Å². The van der Waals surface area contributed by atoms with E-state index in [1.807, 2.05) is 51.1 Å². The molecular weight excluding hydrogens is 320 g/mol. The first-order chi connectivity index (χ1) is 9.45. The largest absolute Gasteiger partial charge is 0.368 e. The van der Waals surface area contributed by atoms with E-state index in [1.54, 1.807) is 0 Å². The van der Waals surface area contributed by atoms with Gasteiger partial charge >= 0.3 is 0 Å². The summed E-state index contributed by atoms with van der Waals surface area (Å²) in [5.74, 6) is 0.520. The summed E-state index contributed by atoms with van der Waals surface area (Å²) >= 11 is 3.31. The molecule has 5 heteroatoms. The molecule has 0 radical (unpaired) electrons. The monoisotopic (exact) mass is 336 g/mol. The molecule has 2 rings (SSSR count). The van der Waals surface area contributed by atoms with E-state index >= 15 is 0 Å². The molecule has 0 amide bonds. The molecule has 2 aromatic rings. The summed E-state index contributed by atoms with van der Waals surface area (Å²) in [7, 11) is 0. The fourth-order valence-electron chi connectivity index (χ4n) is 1.96. The van der Waals surface area contributed by atoms with Crippen molar-refractivity contribution in [2.24, 2.45) is 0 Å². The maximum absolute atomic E-state index is 12.1. The van der Waals surface area contributed by atoms with Gasteiger partial charge in [-0.2, -0.15) is 0 Å². The number of aromatic amines is 1. The van der Waals surface area contributed by atoms with Crippen LogP contribution in [0.3, 0.4) is 0 Å². The lowest BCUT2D eigenvalue weighted by molar-refractivity contribution is -0.0209. The zero-order valence-electron chi connectivity index (χ0n) is 11.7. The number of nitrogens with zero attached hydrogens (tertiary/aromatic N) is 1. The maximum Gasteiger partial charge on any atom is 0.265 e. The van der Waals surface area contributed by atoms with E-state index in [9.17, 15) is 4.79 Å². The number of benzene rings is 1. The highest BCUT2D eigenvalue weighted by Gasteiger charge is 2.25. The Bertz CT molecular complexity index is 651. The van der Waals surface area contributed by atoms with Gasteiger partial charge in [0, 0.05) is 12.2 Å². The zero-order chi connectivity index (χ0) is 14.8. The molecule has 4 nitrogen and oxygen atoms in total. The molecule has 0 aliphatic rings. The molecule has 0 aliphatic heterocycles. The highest BCUT2D eigenvalue weighted by molar-refractivity contribution is 9.10. The normalized spacial score (nSPS) is 11.6. The van der Waals surface area contributed by atoms with Crippen LogP contribution in [0.2, 0.25) is 0 Å². The van der Waals surface area contributed by atoms with Gasteiger partial charge in [0.05, 0.1) is 5.69 Å². The summed E-state index contributed by atoms with van der Waals surface area (Å²) in [5.41, 5.74) is 0.663. The topological polar surface area (TPSA) is 55.0 Å². The van der Waals surface area contributed by atoms with Gasteiger partial charge in [0.25, 0.3) is 5.56 Å². The third-order valence-corrected chi connectivity index (χ3v) is 3.72. The molecule has 1 aromatic heterocycles. The van der Waals surface area contributed by atoms with Crippen LogP contribution < -0.4 is 5.56 Å². The van der Waals surface area contributed by atoms with Crippen LogP contribution in [0.15, 0.2) is 39.6 Å². The molecular formula is C15H17BrN2O2. The summed E-state index contributed by atoms with van der Waals surface area (Å²) < 4.78 is 6.08. The van der Waals surface area contributed by atoms with E-state index in [-0.39, 0.29) is 5.56 Å². The van der Waals surface area contributed by atoms with E-state index in [2.05, 4.69) is 25.9 Å². The van der Waals surface area contributed by atoms with Gasteiger partial charge in [0.1, 0.15) is 15.9 Å². The second kappa shape index (κ2) is 5.89. The molecule has 0 bridgehead atoms. The first-order valence-electron chi connectivity index (χ1n) is 6.45. The molecule has 20 heavy (non-hydrogen) atoms. The van der Waals surface area contributed by atoms with E-state index in [4.69, 9.17) is 4.74 Å². The third kappa shape index (κ3) is 2.99. The molecule has 1 heterocycles. The van der Waals surface area contributed by atoms with Crippen LogP contribution >= 0.6 is 15.9 Å². The first-order valence-corrected chi connectivity index (χ1v) is 7.24. The van der Waals surface area contributed by atoms with Crippen LogP contribution in [-0.2, 0) is 10.3 Å². The minimum absolute atomic E-state index is 0.207. The quantitative estimate of drug-likeness (QED) is 0.929. The lowest BCUT2D eigenvalue weighted by Crippen LogP contribution is -2.28. The Balaban J connectivity index is 2.60. The van der Waals surface area contributed by atoms with Gasteiger partial charge in [-0.1, -0.05) is 30.3 Å². The molecule has 1 N–H and O–H groups in total. The number of ether oxygens (including phenoxy) is 1. The van der Waals surface area contributed by atoms with Crippen molar-refractivity contribution in [1.82, 2.24) is 9.97 Å². The van der Waals surface area contributed by atoms with Crippen molar-refractivity contribution in [2.75, 3.05) is 6.61 Å². The first kappa shape index (κ1) is 14.9. The molecule has 0 unspecified atom stereocenters. The Kier molecular flexibility index (Phi) is 4.40. The SMILES string of the molecule is CCOC(C)(C)c1nc(-c2ccccc2)c(Br)c(=O)[nH]1. The van der Waals surface area contributed by atoms with Crippen molar-refractivity contribution in [1.29, 1.82) is 0 Å². The second-order valence-corrected chi connectivity index (χ2v) is 5.68. The fourth-order valence-corrected chi connectivity index (χ4v) is 2.38. The molecule has 0 saturated carbocycles. The van der Waals surface area contributed by atoms with Crippen molar-refractivity contribution < 1.29 is 4.74 Å². The molecule has 106 valence electrons. The Labute approximate surface area is 126 Å². The zero-order valence-corrected chi connectivity index (χ0v) is 13.3. The Hall–Kier alpha value is -1.46. The van der Waals surface area contributed by atoms with Gasteiger partial charge in [-0.25, -0.2) is 4.98 Å². The average Bonchev–Trinajstić information content (AvgIpc) is 2.42. The average molecular weight is 337 g/mol. The standard InChI is InChI=1S/C15H17BrN2O2/c1-4-20-15(2,3)14-17-12(11(16)13(19)18-14)10-8-6-5-7-9-10/h5-9H,4H2,1-3H3,(H,17,18,19). The van der Waals surface area contributed by atoms with Gasteiger partial charge in [0.15, 0.2) is 0 Å². The number of rotatable bonds is 4. The lowest BCUT2D eigenvalue weighted by atomic mass is 10.1. The molecule has 0 spiro atoms. The number of H-pyrrole nitrogens is 1. The minimum atomic E-state index is -0.641. The number of nitrogens with one attached hydrogen (secondary N) is 1. The number of halogens is 1. The van der Waals surface area contributed by atoms with Gasteiger partial charge in [-0.15, -0.1) is 0 Å². The number of hydrogen-bond donors (Lipinski definition) is 1. The number of aromatic nitrogens is 2. The highest BCUT2D eigenvalue weighted by atomic mass is 79.9. The summed E-state index contributed by atoms with van der Waals surface area (Å²) in [4.78, 5) is 19.4. The van der Waals surface area contributed by atoms with Crippen LogP contribution in [0.1, 0.15) is 26.6 Å². The third-order valence-electron chi connectivity index (χ3n) is 2.99.